The molecule has 0 aromatic heterocycles. The van der Waals surface area contributed by atoms with Crippen LogP contribution in [0.1, 0.15) is 310 Å². The molecule has 0 heterocycles. The zero-order valence-corrected chi connectivity index (χ0v) is 48.8. The maximum absolute atomic E-state index is 12.9. The first-order valence-corrected chi connectivity index (χ1v) is 31.6. The molecule has 0 aromatic rings. The van der Waals surface area contributed by atoms with E-state index >= 15 is 0 Å². The first-order valence-electron chi connectivity index (χ1n) is 31.6. The van der Waals surface area contributed by atoms with Crippen LogP contribution in [0.5, 0.6) is 0 Å². The van der Waals surface area contributed by atoms with E-state index in [0.717, 1.165) is 116 Å². The van der Waals surface area contributed by atoms with Gasteiger partial charge in [0.25, 0.3) is 0 Å². The molecule has 0 aliphatic rings. The van der Waals surface area contributed by atoms with Crippen molar-refractivity contribution in [3.8, 4) is 0 Å². The second-order valence-corrected chi connectivity index (χ2v) is 20.9. The minimum Gasteiger partial charge on any atom is -0.462 e. The summed E-state index contributed by atoms with van der Waals surface area (Å²) in [7, 11) is 0. The molecule has 0 aliphatic carbocycles. The van der Waals surface area contributed by atoms with Crippen molar-refractivity contribution in [2.75, 3.05) is 13.2 Å². The summed E-state index contributed by atoms with van der Waals surface area (Å²) in [5, 5.41) is 0. The molecule has 0 aromatic carbocycles. The maximum Gasteiger partial charge on any atom is 0.306 e. The van der Waals surface area contributed by atoms with E-state index in [0.29, 0.717) is 19.3 Å². The maximum atomic E-state index is 12.9. The van der Waals surface area contributed by atoms with Gasteiger partial charge in [0.2, 0.25) is 0 Å². The summed E-state index contributed by atoms with van der Waals surface area (Å²) in [6, 6.07) is 0. The minimum absolute atomic E-state index is 0.0823. The Labute approximate surface area is 458 Å². The molecule has 0 amide bonds. The van der Waals surface area contributed by atoms with Crippen molar-refractivity contribution in [2.24, 2.45) is 0 Å². The molecule has 6 heteroatoms. The third kappa shape index (κ3) is 59.5. The summed E-state index contributed by atoms with van der Waals surface area (Å²) in [6.45, 7) is 6.51. The summed E-state index contributed by atoms with van der Waals surface area (Å²) in [6.07, 6.45) is 81.6. The molecule has 0 fully saturated rings. The fourth-order valence-electron chi connectivity index (χ4n) is 8.91. The SMILES string of the molecule is CC/C=C\C/C=C\C/C=C\C/C=C\C/C=C\CCCCCCCC(=O)OC(COC(=O)CCCCCCCCCCCC)COC(=O)CCCCCCCCCCCCCCC/C=C\C/C=C\CCCCCCC. The molecule has 0 N–H and O–H groups in total. The quantitative estimate of drug-likeness (QED) is 0.0261. The number of carbonyl (C=O) groups is 3. The van der Waals surface area contributed by atoms with E-state index in [1.54, 1.807) is 0 Å². The van der Waals surface area contributed by atoms with Crippen molar-refractivity contribution in [1.29, 1.82) is 0 Å². The largest absolute Gasteiger partial charge is 0.462 e. The first-order chi connectivity index (χ1) is 36.5. The lowest BCUT2D eigenvalue weighted by Gasteiger charge is -2.18. The third-order valence-corrected chi connectivity index (χ3v) is 13.6. The van der Waals surface area contributed by atoms with Gasteiger partial charge >= 0.3 is 17.9 Å². The Bertz CT molecular complexity index is 1420. The van der Waals surface area contributed by atoms with Gasteiger partial charge < -0.3 is 14.2 Å². The number of hydrogen-bond donors (Lipinski definition) is 0. The Hall–Kier alpha value is -3.41. The van der Waals surface area contributed by atoms with E-state index in [9.17, 15) is 14.4 Å². The lowest BCUT2D eigenvalue weighted by molar-refractivity contribution is -0.167. The molecule has 0 saturated carbocycles. The molecule has 1 atom stereocenters. The summed E-state index contributed by atoms with van der Waals surface area (Å²) < 4.78 is 16.9. The molecular formula is C68H118O6. The van der Waals surface area contributed by atoms with E-state index in [-0.39, 0.29) is 31.1 Å². The van der Waals surface area contributed by atoms with E-state index in [1.165, 1.54) is 154 Å². The fraction of sp³-hybridized carbons (Fsp3) is 0.750. The summed E-state index contributed by atoms with van der Waals surface area (Å²) in [5.41, 5.74) is 0. The van der Waals surface area contributed by atoms with Crippen molar-refractivity contribution in [1.82, 2.24) is 0 Å². The highest BCUT2D eigenvalue weighted by Gasteiger charge is 2.19. The van der Waals surface area contributed by atoms with Gasteiger partial charge in [-0.3, -0.25) is 14.4 Å². The number of carbonyl (C=O) groups excluding carboxylic acids is 3. The van der Waals surface area contributed by atoms with E-state index in [4.69, 9.17) is 14.2 Å². The van der Waals surface area contributed by atoms with Crippen LogP contribution in [0.15, 0.2) is 85.1 Å². The number of hydrogen-bond acceptors (Lipinski definition) is 6. The molecule has 0 bridgehead atoms. The van der Waals surface area contributed by atoms with Crippen molar-refractivity contribution in [2.45, 2.75) is 316 Å². The zero-order chi connectivity index (χ0) is 53.6. The number of allylic oxidation sites excluding steroid dienone is 14. The van der Waals surface area contributed by atoms with Crippen molar-refractivity contribution < 1.29 is 28.6 Å². The van der Waals surface area contributed by atoms with Gasteiger partial charge in [0.1, 0.15) is 13.2 Å². The Morgan fingerprint density at radius 1 is 0.284 bits per heavy atom. The Morgan fingerprint density at radius 2 is 0.527 bits per heavy atom. The second kappa shape index (κ2) is 62.1. The van der Waals surface area contributed by atoms with Crippen LogP contribution in [0.4, 0.5) is 0 Å². The molecule has 6 nitrogen and oxygen atoms in total. The van der Waals surface area contributed by atoms with Crippen LogP contribution in [0, 0.1) is 0 Å². The lowest BCUT2D eigenvalue weighted by atomic mass is 10.0. The molecule has 0 saturated heterocycles. The van der Waals surface area contributed by atoms with Crippen LogP contribution in [-0.2, 0) is 28.6 Å². The highest BCUT2D eigenvalue weighted by molar-refractivity contribution is 5.71. The predicted molar refractivity (Wildman–Crippen MR) is 321 cm³/mol. The van der Waals surface area contributed by atoms with Crippen LogP contribution in [0.3, 0.4) is 0 Å². The monoisotopic (exact) mass is 1030 g/mol. The highest BCUT2D eigenvalue weighted by Crippen LogP contribution is 2.16. The molecular weight excluding hydrogens is 913 g/mol. The molecule has 426 valence electrons. The summed E-state index contributed by atoms with van der Waals surface area (Å²) in [4.78, 5) is 38.2. The van der Waals surface area contributed by atoms with Gasteiger partial charge in [-0.1, -0.05) is 279 Å². The topological polar surface area (TPSA) is 78.9 Å². The molecule has 1 unspecified atom stereocenters. The van der Waals surface area contributed by atoms with Gasteiger partial charge in [0, 0.05) is 19.3 Å². The first kappa shape index (κ1) is 70.6. The number of rotatable bonds is 57. The molecule has 0 rings (SSSR count). The average Bonchev–Trinajstić information content (AvgIpc) is 3.40. The van der Waals surface area contributed by atoms with Gasteiger partial charge in [-0.25, -0.2) is 0 Å². The van der Waals surface area contributed by atoms with Crippen LogP contribution < -0.4 is 0 Å². The van der Waals surface area contributed by atoms with Crippen LogP contribution in [0.25, 0.3) is 0 Å². The van der Waals surface area contributed by atoms with Gasteiger partial charge in [-0.2, -0.15) is 0 Å². The van der Waals surface area contributed by atoms with Gasteiger partial charge in [-0.15, -0.1) is 0 Å². The number of esters is 3. The fourth-order valence-corrected chi connectivity index (χ4v) is 8.91. The zero-order valence-electron chi connectivity index (χ0n) is 48.8. The highest BCUT2D eigenvalue weighted by atomic mass is 16.6. The van der Waals surface area contributed by atoms with Gasteiger partial charge in [0.05, 0.1) is 0 Å². The van der Waals surface area contributed by atoms with E-state index < -0.39 is 6.10 Å². The average molecular weight is 1030 g/mol. The lowest BCUT2D eigenvalue weighted by Crippen LogP contribution is -2.30. The summed E-state index contributed by atoms with van der Waals surface area (Å²) >= 11 is 0. The molecule has 0 spiro atoms. The standard InChI is InChI=1S/C68H118O6/c1-4-7-10-13-16-19-22-24-26-28-30-32-33-34-35-37-38-40-42-44-46-49-52-55-58-61-67(70)73-64-65(63-72-66(69)60-57-54-51-48-21-18-15-12-9-6-3)74-68(71)62-59-56-53-50-47-45-43-41-39-36-31-29-27-25-23-20-17-14-11-8-5-2/h8,11,17,20,22,24-25,27-28,30-31,36,41,43,65H,4-7,9-10,12-16,18-19,21,23,26,29,32-35,37-40,42,44-64H2,1-3H3/b11-8-,20-17-,24-22-,27-25-,30-28-,36-31-,43-41-. The Kier molecular flexibility index (Phi) is 59.3. The van der Waals surface area contributed by atoms with Gasteiger partial charge in [-0.05, 0) is 96.3 Å². The Balaban J connectivity index is 4.27. The van der Waals surface area contributed by atoms with Crippen molar-refractivity contribution in [3.05, 3.63) is 85.1 Å². The third-order valence-electron chi connectivity index (χ3n) is 13.6. The molecule has 0 aliphatic heterocycles. The van der Waals surface area contributed by atoms with Gasteiger partial charge in [0.15, 0.2) is 6.10 Å². The van der Waals surface area contributed by atoms with Crippen LogP contribution in [0.2, 0.25) is 0 Å². The molecule has 74 heavy (non-hydrogen) atoms. The smallest absolute Gasteiger partial charge is 0.306 e. The minimum atomic E-state index is -0.786. The van der Waals surface area contributed by atoms with Crippen LogP contribution >= 0.6 is 0 Å². The second-order valence-electron chi connectivity index (χ2n) is 20.9. The Morgan fingerprint density at radius 3 is 0.824 bits per heavy atom. The number of ether oxygens (including phenoxy) is 3. The number of unbranched alkanes of at least 4 members (excludes halogenated alkanes) is 32. The normalized spacial score (nSPS) is 12.6. The van der Waals surface area contributed by atoms with Crippen molar-refractivity contribution >= 4 is 17.9 Å². The van der Waals surface area contributed by atoms with E-state index in [1.807, 2.05) is 0 Å². The van der Waals surface area contributed by atoms with E-state index in [2.05, 4.69) is 106 Å². The summed E-state index contributed by atoms with van der Waals surface area (Å²) in [5.74, 6) is -0.893. The molecule has 0 radical (unpaired) electrons. The predicted octanol–water partition coefficient (Wildman–Crippen LogP) is 21.5. The van der Waals surface area contributed by atoms with Crippen LogP contribution in [-0.4, -0.2) is 37.2 Å². The van der Waals surface area contributed by atoms with Crippen molar-refractivity contribution in [3.63, 3.8) is 0 Å².